The van der Waals surface area contributed by atoms with Crippen LogP contribution in [0.25, 0.3) is 0 Å². The average Bonchev–Trinajstić information content (AvgIpc) is 2.03. The molecule has 1 aliphatic heterocycles. The molecule has 0 amide bonds. The van der Waals surface area contributed by atoms with Crippen LogP contribution in [0.5, 0.6) is 0 Å². The zero-order valence-electron chi connectivity index (χ0n) is 6.58. The van der Waals surface area contributed by atoms with Gasteiger partial charge >= 0.3 is 5.97 Å². The Kier molecular flexibility index (Phi) is 3.20. The van der Waals surface area contributed by atoms with Gasteiger partial charge in [-0.05, 0) is 18.6 Å². The Morgan fingerprint density at radius 3 is 3.00 bits per heavy atom. The minimum Gasteiger partial charge on any atom is -0.468 e. The molecule has 11 heavy (non-hydrogen) atoms. The van der Waals surface area contributed by atoms with Crippen molar-refractivity contribution in [2.24, 2.45) is 5.73 Å². The summed E-state index contributed by atoms with van der Waals surface area (Å²) >= 11 is 1.65. The number of carbonyl (C=O) groups is 1. The van der Waals surface area contributed by atoms with Gasteiger partial charge < -0.3 is 10.5 Å². The fourth-order valence-corrected chi connectivity index (χ4v) is 2.46. The van der Waals surface area contributed by atoms with Crippen LogP contribution in [0.2, 0.25) is 0 Å². The van der Waals surface area contributed by atoms with E-state index in [1.807, 2.05) is 0 Å². The lowest BCUT2D eigenvalue weighted by atomic mass is 10.1. The molecule has 2 unspecified atom stereocenters. The average molecular weight is 175 g/mol. The number of hydrogen-bond donors (Lipinski definition) is 1. The molecule has 3 nitrogen and oxygen atoms in total. The summed E-state index contributed by atoms with van der Waals surface area (Å²) in [6, 6.07) is 0.181. The van der Waals surface area contributed by atoms with E-state index in [0.717, 1.165) is 18.6 Å². The van der Waals surface area contributed by atoms with Gasteiger partial charge in [0.2, 0.25) is 0 Å². The van der Waals surface area contributed by atoms with Gasteiger partial charge in [0.05, 0.1) is 7.11 Å². The highest BCUT2D eigenvalue weighted by atomic mass is 32.2. The normalized spacial score (nSPS) is 31.5. The van der Waals surface area contributed by atoms with Gasteiger partial charge in [0.1, 0.15) is 5.25 Å². The first-order valence-corrected chi connectivity index (χ1v) is 4.74. The van der Waals surface area contributed by atoms with E-state index in [0.29, 0.717) is 0 Å². The molecular formula is C7H13NO2S. The van der Waals surface area contributed by atoms with E-state index in [1.165, 1.54) is 7.11 Å². The third-order valence-electron chi connectivity index (χ3n) is 1.79. The number of methoxy groups -OCH3 is 1. The number of ether oxygens (including phenoxy) is 1. The van der Waals surface area contributed by atoms with E-state index in [2.05, 4.69) is 4.74 Å². The van der Waals surface area contributed by atoms with Crippen molar-refractivity contribution in [3.05, 3.63) is 0 Å². The number of carbonyl (C=O) groups excluding carboxylic acids is 1. The quantitative estimate of drug-likeness (QED) is 0.585. The van der Waals surface area contributed by atoms with Crippen molar-refractivity contribution >= 4 is 17.7 Å². The minimum absolute atomic E-state index is 0.0243. The molecule has 1 fully saturated rings. The molecule has 1 saturated heterocycles. The van der Waals surface area contributed by atoms with Crippen molar-refractivity contribution in [1.29, 1.82) is 0 Å². The lowest BCUT2D eigenvalue weighted by molar-refractivity contribution is -0.140. The Hall–Kier alpha value is -0.220. The van der Waals surface area contributed by atoms with Crippen LogP contribution in [0.4, 0.5) is 0 Å². The van der Waals surface area contributed by atoms with Gasteiger partial charge in [-0.25, -0.2) is 0 Å². The maximum atomic E-state index is 11.0. The van der Waals surface area contributed by atoms with Gasteiger partial charge in [-0.15, -0.1) is 11.8 Å². The molecule has 1 aliphatic rings. The molecule has 4 heteroatoms. The Morgan fingerprint density at radius 1 is 1.73 bits per heavy atom. The molecule has 64 valence electrons. The summed E-state index contributed by atoms with van der Waals surface area (Å²) in [7, 11) is 1.42. The number of esters is 1. The van der Waals surface area contributed by atoms with E-state index >= 15 is 0 Å². The minimum atomic E-state index is -0.134. The van der Waals surface area contributed by atoms with Gasteiger partial charge in [0.25, 0.3) is 0 Å². The van der Waals surface area contributed by atoms with Crippen LogP contribution >= 0.6 is 11.8 Å². The summed E-state index contributed by atoms with van der Waals surface area (Å²) in [6.45, 7) is 0. The summed E-state index contributed by atoms with van der Waals surface area (Å²) in [4.78, 5) is 11.0. The molecule has 0 aliphatic carbocycles. The third kappa shape index (κ3) is 2.38. The molecule has 0 aromatic carbocycles. The number of nitrogens with two attached hydrogens (primary N) is 1. The van der Waals surface area contributed by atoms with Gasteiger partial charge in [0.15, 0.2) is 0 Å². The lowest BCUT2D eigenvalue weighted by Crippen LogP contribution is -2.34. The highest BCUT2D eigenvalue weighted by Crippen LogP contribution is 2.25. The van der Waals surface area contributed by atoms with Crippen molar-refractivity contribution in [2.45, 2.75) is 24.1 Å². The van der Waals surface area contributed by atoms with E-state index in [1.54, 1.807) is 11.8 Å². The van der Waals surface area contributed by atoms with Crippen molar-refractivity contribution in [2.75, 3.05) is 12.9 Å². The fraction of sp³-hybridized carbons (Fsp3) is 0.857. The van der Waals surface area contributed by atoms with Crippen LogP contribution in [0, 0.1) is 0 Å². The zero-order chi connectivity index (χ0) is 8.27. The second-order valence-electron chi connectivity index (χ2n) is 2.67. The van der Waals surface area contributed by atoms with Gasteiger partial charge in [-0.1, -0.05) is 0 Å². The first kappa shape index (κ1) is 8.87. The number of rotatable bonds is 1. The monoisotopic (exact) mass is 175 g/mol. The Morgan fingerprint density at radius 2 is 2.45 bits per heavy atom. The van der Waals surface area contributed by atoms with E-state index in [-0.39, 0.29) is 17.3 Å². The van der Waals surface area contributed by atoms with Gasteiger partial charge in [0, 0.05) is 6.04 Å². The van der Waals surface area contributed by atoms with Crippen molar-refractivity contribution < 1.29 is 9.53 Å². The topological polar surface area (TPSA) is 52.3 Å². The third-order valence-corrected chi connectivity index (χ3v) is 3.05. The van der Waals surface area contributed by atoms with E-state index in [4.69, 9.17) is 5.73 Å². The number of hydrogen-bond acceptors (Lipinski definition) is 4. The summed E-state index contributed by atoms with van der Waals surface area (Å²) in [6.07, 6.45) is 1.77. The predicted molar refractivity (Wildman–Crippen MR) is 45.5 cm³/mol. The molecule has 0 radical (unpaired) electrons. The molecule has 0 saturated carbocycles. The van der Waals surface area contributed by atoms with Crippen molar-refractivity contribution in [3.63, 3.8) is 0 Å². The van der Waals surface area contributed by atoms with Crippen LogP contribution in [0.3, 0.4) is 0 Å². The zero-order valence-corrected chi connectivity index (χ0v) is 7.39. The Bertz CT molecular complexity index is 151. The van der Waals surface area contributed by atoms with Crippen LogP contribution < -0.4 is 5.73 Å². The van der Waals surface area contributed by atoms with Crippen LogP contribution in [0.15, 0.2) is 0 Å². The lowest BCUT2D eigenvalue weighted by Gasteiger charge is -2.23. The SMILES string of the molecule is COC(=O)C1CC(N)CCS1. The standard InChI is InChI=1S/C7H13NO2S/c1-10-7(9)6-4-5(8)2-3-11-6/h5-6H,2-4,8H2,1H3. The van der Waals surface area contributed by atoms with E-state index < -0.39 is 0 Å². The van der Waals surface area contributed by atoms with Crippen LogP contribution in [-0.4, -0.2) is 30.1 Å². The molecule has 1 rings (SSSR count). The molecule has 0 spiro atoms. The highest BCUT2D eigenvalue weighted by Gasteiger charge is 2.26. The largest absolute Gasteiger partial charge is 0.468 e. The van der Waals surface area contributed by atoms with Crippen LogP contribution in [0.1, 0.15) is 12.8 Å². The molecule has 0 bridgehead atoms. The Balaban J connectivity index is 2.39. The maximum Gasteiger partial charge on any atom is 0.318 e. The van der Waals surface area contributed by atoms with Crippen molar-refractivity contribution in [1.82, 2.24) is 0 Å². The van der Waals surface area contributed by atoms with Gasteiger partial charge in [-0.3, -0.25) is 4.79 Å². The smallest absolute Gasteiger partial charge is 0.318 e. The molecule has 2 N–H and O–H groups in total. The summed E-state index contributed by atoms with van der Waals surface area (Å²) in [5.41, 5.74) is 5.70. The van der Waals surface area contributed by atoms with Gasteiger partial charge in [-0.2, -0.15) is 0 Å². The molecular weight excluding hydrogens is 162 g/mol. The second kappa shape index (κ2) is 3.97. The summed E-state index contributed by atoms with van der Waals surface area (Å²) in [5.74, 6) is 0.839. The molecule has 0 aromatic heterocycles. The first-order valence-electron chi connectivity index (χ1n) is 3.69. The van der Waals surface area contributed by atoms with E-state index in [9.17, 15) is 4.79 Å². The molecule has 1 heterocycles. The Labute approximate surface area is 70.7 Å². The predicted octanol–water partition coefficient (Wildman–Crippen LogP) is 0.382. The number of thioether (sulfide) groups is 1. The fourth-order valence-electron chi connectivity index (χ4n) is 1.12. The summed E-state index contributed by atoms with van der Waals surface area (Å²) in [5, 5.41) is -0.0243. The van der Waals surface area contributed by atoms with Crippen LogP contribution in [-0.2, 0) is 9.53 Å². The molecule has 0 aromatic rings. The molecule has 2 atom stereocenters. The first-order chi connectivity index (χ1) is 5.24. The maximum absolute atomic E-state index is 11.0. The summed E-state index contributed by atoms with van der Waals surface area (Å²) < 4.78 is 4.62. The highest BCUT2D eigenvalue weighted by molar-refractivity contribution is 8.00. The van der Waals surface area contributed by atoms with Crippen molar-refractivity contribution in [3.8, 4) is 0 Å². The second-order valence-corrected chi connectivity index (χ2v) is 3.98.